The van der Waals surface area contributed by atoms with Crippen molar-refractivity contribution in [1.82, 2.24) is 0 Å². The van der Waals surface area contributed by atoms with Crippen molar-refractivity contribution in [1.29, 1.82) is 0 Å². The molecule has 90 valence electrons. The van der Waals surface area contributed by atoms with Gasteiger partial charge >= 0.3 is 5.97 Å². The van der Waals surface area contributed by atoms with Crippen LogP contribution in [-0.4, -0.2) is 31.6 Å². The molecule has 0 saturated carbocycles. The molecule has 17 heavy (non-hydrogen) atoms. The molecule has 0 aliphatic carbocycles. The maximum Gasteiger partial charge on any atom is 0.334 e. The van der Waals surface area contributed by atoms with E-state index >= 15 is 0 Å². The van der Waals surface area contributed by atoms with Crippen LogP contribution in [0.2, 0.25) is 0 Å². The molecule has 1 aliphatic rings. The van der Waals surface area contributed by atoms with E-state index in [1.807, 2.05) is 0 Å². The van der Waals surface area contributed by atoms with Gasteiger partial charge in [-0.15, -0.1) is 0 Å². The summed E-state index contributed by atoms with van der Waals surface area (Å²) in [4.78, 5) is 15.3. The van der Waals surface area contributed by atoms with E-state index < -0.39 is 12.0 Å². The Bertz CT molecular complexity index is 490. The third-order valence-corrected chi connectivity index (χ3v) is 2.90. The number of carbonyl (C=O) groups is 1. The van der Waals surface area contributed by atoms with Crippen LogP contribution in [-0.2, 0) is 14.3 Å². The van der Waals surface area contributed by atoms with Gasteiger partial charge in [0.15, 0.2) is 6.04 Å². The van der Waals surface area contributed by atoms with Gasteiger partial charge in [-0.1, -0.05) is 0 Å². The third kappa shape index (κ3) is 2.46. The molecule has 2 rings (SSSR count). The first-order chi connectivity index (χ1) is 8.11. The van der Waals surface area contributed by atoms with Gasteiger partial charge in [0.25, 0.3) is 0 Å². The van der Waals surface area contributed by atoms with Gasteiger partial charge in [-0.3, -0.25) is 0 Å². The molecule has 0 radical (unpaired) electrons. The van der Waals surface area contributed by atoms with E-state index in [9.17, 15) is 9.18 Å². The fourth-order valence-corrected chi connectivity index (χ4v) is 1.80. The summed E-state index contributed by atoms with van der Waals surface area (Å²) in [5.41, 5.74) is 0.615. The van der Waals surface area contributed by atoms with Crippen molar-refractivity contribution in [2.24, 2.45) is 4.99 Å². The zero-order valence-corrected chi connectivity index (χ0v) is 10.5. The zero-order valence-electron chi connectivity index (χ0n) is 8.94. The van der Waals surface area contributed by atoms with Crippen LogP contribution in [0.15, 0.2) is 27.7 Å². The van der Waals surface area contributed by atoms with Crippen LogP contribution >= 0.6 is 15.9 Å². The number of aliphatic imine (C=N–C) groups is 1. The lowest BCUT2D eigenvalue weighted by atomic mass is 10.2. The Hall–Kier alpha value is -1.43. The monoisotopic (exact) mass is 301 g/mol. The van der Waals surface area contributed by atoms with Crippen molar-refractivity contribution in [3.8, 4) is 0 Å². The molecule has 1 aromatic rings. The van der Waals surface area contributed by atoms with Gasteiger partial charge in [0, 0.05) is 5.56 Å². The van der Waals surface area contributed by atoms with E-state index in [-0.39, 0.29) is 12.4 Å². The minimum Gasteiger partial charge on any atom is -0.475 e. The van der Waals surface area contributed by atoms with Gasteiger partial charge in [0.1, 0.15) is 12.4 Å². The quantitative estimate of drug-likeness (QED) is 0.784. The van der Waals surface area contributed by atoms with Crippen LogP contribution in [0.1, 0.15) is 5.56 Å². The van der Waals surface area contributed by atoms with Crippen LogP contribution in [0.3, 0.4) is 0 Å². The Kier molecular flexibility index (Phi) is 3.42. The molecule has 0 aromatic heterocycles. The maximum atomic E-state index is 13.0. The lowest BCUT2D eigenvalue weighted by Gasteiger charge is -2.02. The summed E-state index contributed by atoms with van der Waals surface area (Å²) in [6.07, 6.45) is 0. The molecule has 0 fully saturated rings. The number of rotatable bonds is 2. The first kappa shape index (κ1) is 12.0. The molecule has 1 atom stereocenters. The molecule has 0 bridgehead atoms. The highest BCUT2D eigenvalue weighted by molar-refractivity contribution is 9.10. The number of hydrogen-bond acceptors (Lipinski definition) is 4. The smallest absolute Gasteiger partial charge is 0.334 e. The average Bonchev–Trinajstić information content (AvgIpc) is 2.81. The molecule has 1 aliphatic heterocycles. The minimum absolute atomic E-state index is 0.150. The predicted octanol–water partition coefficient (Wildman–Crippen LogP) is 1.91. The fourth-order valence-electron chi connectivity index (χ4n) is 1.42. The Balaban J connectivity index is 2.24. The Morgan fingerprint density at radius 2 is 2.41 bits per heavy atom. The number of carbonyl (C=O) groups excluding carboxylic acids is 1. The van der Waals surface area contributed by atoms with E-state index in [0.717, 1.165) is 0 Å². The molecule has 0 amide bonds. The van der Waals surface area contributed by atoms with Crippen LogP contribution in [0.4, 0.5) is 4.39 Å². The number of methoxy groups -OCH3 is 1. The van der Waals surface area contributed by atoms with Crippen molar-refractivity contribution in [2.75, 3.05) is 13.7 Å². The van der Waals surface area contributed by atoms with Crippen molar-refractivity contribution in [2.45, 2.75) is 6.04 Å². The number of nitrogens with zero attached hydrogens (tertiary/aromatic N) is 1. The van der Waals surface area contributed by atoms with Gasteiger partial charge in [-0.05, 0) is 34.1 Å². The van der Waals surface area contributed by atoms with E-state index in [4.69, 9.17) is 4.74 Å². The summed E-state index contributed by atoms with van der Waals surface area (Å²) in [5.74, 6) is -0.487. The highest BCUT2D eigenvalue weighted by atomic mass is 79.9. The molecule has 1 aromatic carbocycles. The summed E-state index contributed by atoms with van der Waals surface area (Å²) in [6.45, 7) is 0.150. The van der Waals surface area contributed by atoms with E-state index in [2.05, 4.69) is 25.7 Å². The van der Waals surface area contributed by atoms with E-state index in [1.165, 1.54) is 13.2 Å². The van der Waals surface area contributed by atoms with Gasteiger partial charge in [0.05, 0.1) is 11.6 Å². The summed E-state index contributed by atoms with van der Waals surface area (Å²) in [6, 6.07) is 3.75. The second-order valence-corrected chi connectivity index (χ2v) is 4.27. The van der Waals surface area contributed by atoms with Crippen LogP contribution in [0.5, 0.6) is 0 Å². The second-order valence-electron chi connectivity index (χ2n) is 3.41. The van der Waals surface area contributed by atoms with Gasteiger partial charge < -0.3 is 9.47 Å². The molecule has 0 spiro atoms. The standard InChI is InChI=1S/C11H9BrFNO3/c1-16-11(15)9-5-17-10(14-9)6-2-3-8(13)7(12)4-6/h2-4,9H,5H2,1H3/t9-/m1/s1. The lowest BCUT2D eigenvalue weighted by Crippen LogP contribution is -2.21. The SMILES string of the molecule is COC(=O)[C@H]1COC(c2ccc(F)c(Br)c2)=N1. The summed E-state index contributed by atoms with van der Waals surface area (Å²) in [5, 5.41) is 0. The van der Waals surface area contributed by atoms with Gasteiger partial charge in [-0.25, -0.2) is 14.2 Å². The van der Waals surface area contributed by atoms with Crippen molar-refractivity contribution < 1.29 is 18.7 Å². The molecule has 6 heteroatoms. The lowest BCUT2D eigenvalue weighted by molar-refractivity contribution is -0.142. The number of halogens is 2. The highest BCUT2D eigenvalue weighted by Crippen LogP contribution is 2.20. The molecule has 1 heterocycles. The van der Waals surface area contributed by atoms with Crippen LogP contribution in [0, 0.1) is 5.82 Å². The second kappa shape index (κ2) is 4.83. The molecule has 0 saturated heterocycles. The third-order valence-electron chi connectivity index (χ3n) is 2.29. The van der Waals surface area contributed by atoms with Crippen molar-refractivity contribution in [3.63, 3.8) is 0 Å². The van der Waals surface area contributed by atoms with Gasteiger partial charge in [0.2, 0.25) is 5.90 Å². The van der Waals surface area contributed by atoms with Crippen molar-refractivity contribution >= 4 is 27.8 Å². The minimum atomic E-state index is -0.640. The average molecular weight is 302 g/mol. The molecular formula is C11H9BrFNO3. The zero-order chi connectivity index (χ0) is 12.4. The normalized spacial score (nSPS) is 18.5. The van der Waals surface area contributed by atoms with E-state index in [0.29, 0.717) is 15.9 Å². The molecule has 0 unspecified atom stereocenters. The highest BCUT2D eigenvalue weighted by Gasteiger charge is 2.27. The Morgan fingerprint density at radius 3 is 3.06 bits per heavy atom. The topological polar surface area (TPSA) is 47.9 Å². The van der Waals surface area contributed by atoms with Crippen LogP contribution in [0.25, 0.3) is 0 Å². The first-order valence-electron chi connectivity index (χ1n) is 4.85. The summed E-state index contributed by atoms with van der Waals surface area (Å²) < 4.78 is 23.2. The Labute approximate surface area is 106 Å². The number of esters is 1. The first-order valence-corrected chi connectivity index (χ1v) is 5.65. The Morgan fingerprint density at radius 1 is 1.65 bits per heavy atom. The predicted molar refractivity (Wildman–Crippen MR) is 62.4 cm³/mol. The fraction of sp³-hybridized carbons (Fsp3) is 0.273. The number of hydrogen-bond donors (Lipinski definition) is 0. The van der Waals surface area contributed by atoms with Crippen LogP contribution < -0.4 is 0 Å². The number of ether oxygens (including phenoxy) is 2. The van der Waals surface area contributed by atoms with Gasteiger partial charge in [-0.2, -0.15) is 0 Å². The van der Waals surface area contributed by atoms with E-state index in [1.54, 1.807) is 12.1 Å². The molecular weight excluding hydrogens is 293 g/mol. The summed E-state index contributed by atoms with van der Waals surface area (Å²) >= 11 is 3.07. The molecule has 0 N–H and O–H groups in total. The largest absolute Gasteiger partial charge is 0.475 e. The van der Waals surface area contributed by atoms with Crippen molar-refractivity contribution in [3.05, 3.63) is 34.1 Å². The maximum absolute atomic E-state index is 13.0. The summed E-state index contributed by atoms with van der Waals surface area (Å²) in [7, 11) is 1.30. The molecule has 4 nitrogen and oxygen atoms in total. The number of benzene rings is 1.